The van der Waals surface area contributed by atoms with Crippen molar-refractivity contribution >= 4 is 23.7 Å². The average Bonchev–Trinajstić information content (AvgIpc) is 3.08. The summed E-state index contributed by atoms with van der Waals surface area (Å²) in [7, 11) is 0. The molecule has 148 valence electrons. The lowest BCUT2D eigenvalue weighted by molar-refractivity contribution is 0.0256. The van der Waals surface area contributed by atoms with Gasteiger partial charge in [-0.05, 0) is 54.2 Å². The molecule has 6 nitrogen and oxygen atoms in total. The zero-order valence-corrected chi connectivity index (χ0v) is 15.5. The van der Waals surface area contributed by atoms with E-state index in [1.807, 2.05) is 12.1 Å². The van der Waals surface area contributed by atoms with Gasteiger partial charge in [0.05, 0.1) is 6.54 Å². The summed E-state index contributed by atoms with van der Waals surface area (Å²) in [5.74, 6) is -0.657. The molecule has 0 atom stereocenters. The average molecular weight is 387 g/mol. The minimum absolute atomic E-state index is 0.151. The van der Waals surface area contributed by atoms with Crippen LogP contribution in [0.2, 0.25) is 0 Å². The molecule has 0 amide bonds. The van der Waals surface area contributed by atoms with Crippen LogP contribution in [0.4, 0.5) is 26.2 Å². The van der Waals surface area contributed by atoms with Gasteiger partial charge in [-0.1, -0.05) is 0 Å². The minimum Gasteiger partial charge on any atom is -0.381 e. The largest absolute Gasteiger partial charge is 0.381 e. The molecular formula is C20H23F2N5O. The van der Waals surface area contributed by atoms with Crippen molar-refractivity contribution in [1.82, 2.24) is 9.97 Å². The predicted molar refractivity (Wildman–Crippen MR) is 104 cm³/mol. The number of ether oxygens (including phenoxy) is 1. The van der Waals surface area contributed by atoms with Crippen molar-refractivity contribution in [2.75, 3.05) is 36.5 Å². The molecule has 0 saturated carbocycles. The van der Waals surface area contributed by atoms with Gasteiger partial charge in [0.2, 0.25) is 0 Å². The summed E-state index contributed by atoms with van der Waals surface area (Å²) in [5, 5.41) is 10.6. The topological polar surface area (TPSA) is 74.1 Å². The predicted octanol–water partition coefficient (Wildman–Crippen LogP) is 3.96. The first-order valence-corrected chi connectivity index (χ1v) is 9.48. The summed E-state index contributed by atoms with van der Waals surface area (Å²) in [6, 6.07) is 7.39. The standard InChI is InChI=1S/C20H23F2N5O/c21-20(22)4-6-27(13-20)19-11-16(15-2-7-28-8-3-15)10-18(26-19)25-17-9-14(12-23)1-5-24-17/h1,5,9-12,15,23H,2-4,6-8,13H2,(H,24,25,26). The highest BCUT2D eigenvalue weighted by atomic mass is 19.3. The molecule has 2 saturated heterocycles. The zero-order chi connectivity index (χ0) is 19.6. The Bertz CT molecular complexity index is 854. The minimum atomic E-state index is -2.68. The first-order chi connectivity index (χ1) is 13.5. The number of rotatable bonds is 5. The Balaban J connectivity index is 1.65. The van der Waals surface area contributed by atoms with Crippen molar-refractivity contribution in [2.24, 2.45) is 0 Å². The summed E-state index contributed by atoms with van der Waals surface area (Å²) < 4.78 is 32.9. The Morgan fingerprint density at radius 2 is 2.04 bits per heavy atom. The molecule has 0 spiro atoms. The van der Waals surface area contributed by atoms with Gasteiger partial charge >= 0.3 is 0 Å². The molecule has 2 aromatic rings. The fourth-order valence-electron chi connectivity index (χ4n) is 3.70. The van der Waals surface area contributed by atoms with E-state index in [1.54, 1.807) is 23.2 Å². The van der Waals surface area contributed by atoms with Crippen molar-refractivity contribution in [3.63, 3.8) is 0 Å². The highest BCUT2D eigenvalue weighted by Gasteiger charge is 2.39. The number of anilines is 3. The Labute approximate surface area is 162 Å². The van der Waals surface area contributed by atoms with Crippen LogP contribution in [0.5, 0.6) is 0 Å². The maximum Gasteiger partial charge on any atom is 0.266 e. The number of pyridine rings is 2. The van der Waals surface area contributed by atoms with Crippen LogP contribution in [0.15, 0.2) is 30.5 Å². The SMILES string of the molecule is N=Cc1ccnc(Nc2cc(C3CCOCC3)cc(N3CCC(F)(F)C3)n2)c1. The second-order valence-electron chi connectivity index (χ2n) is 7.30. The lowest BCUT2D eigenvalue weighted by atomic mass is 9.92. The van der Waals surface area contributed by atoms with Crippen molar-refractivity contribution in [2.45, 2.75) is 31.1 Å². The Kier molecular flexibility index (Phi) is 5.21. The highest BCUT2D eigenvalue weighted by molar-refractivity contribution is 5.78. The van der Waals surface area contributed by atoms with Crippen LogP contribution in [0.1, 0.15) is 36.3 Å². The third kappa shape index (κ3) is 4.27. The first kappa shape index (κ1) is 18.7. The lowest BCUT2D eigenvalue weighted by Crippen LogP contribution is -2.26. The van der Waals surface area contributed by atoms with Gasteiger partial charge in [0.15, 0.2) is 0 Å². The van der Waals surface area contributed by atoms with Crippen LogP contribution in [0.3, 0.4) is 0 Å². The molecule has 2 fully saturated rings. The number of nitrogens with zero attached hydrogens (tertiary/aromatic N) is 3. The van der Waals surface area contributed by atoms with Crippen LogP contribution < -0.4 is 10.2 Å². The number of aromatic nitrogens is 2. The summed E-state index contributed by atoms with van der Waals surface area (Å²) in [6.07, 6.45) is 4.52. The van der Waals surface area contributed by atoms with Crippen LogP contribution in [0, 0.1) is 5.41 Å². The van der Waals surface area contributed by atoms with Gasteiger partial charge in [-0.25, -0.2) is 18.7 Å². The second-order valence-corrected chi connectivity index (χ2v) is 7.30. The summed E-state index contributed by atoms with van der Waals surface area (Å²) in [5.41, 5.74) is 1.80. The van der Waals surface area contributed by atoms with Crippen LogP contribution in [-0.2, 0) is 4.74 Å². The van der Waals surface area contributed by atoms with E-state index in [0.29, 0.717) is 36.6 Å². The molecular weight excluding hydrogens is 364 g/mol. The summed E-state index contributed by atoms with van der Waals surface area (Å²) in [6.45, 7) is 1.39. The number of alkyl halides is 2. The molecule has 0 bridgehead atoms. The molecule has 2 aromatic heterocycles. The monoisotopic (exact) mass is 387 g/mol. The molecule has 0 aliphatic carbocycles. The molecule has 0 unspecified atom stereocenters. The van der Waals surface area contributed by atoms with Gasteiger partial charge in [0, 0.05) is 38.6 Å². The molecule has 4 heterocycles. The first-order valence-electron chi connectivity index (χ1n) is 9.48. The van der Waals surface area contributed by atoms with E-state index in [4.69, 9.17) is 10.1 Å². The van der Waals surface area contributed by atoms with Crippen molar-refractivity contribution in [3.05, 3.63) is 41.6 Å². The van der Waals surface area contributed by atoms with E-state index >= 15 is 0 Å². The van der Waals surface area contributed by atoms with Gasteiger partial charge in [0.25, 0.3) is 5.92 Å². The summed E-state index contributed by atoms with van der Waals surface area (Å²) >= 11 is 0. The Morgan fingerprint density at radius 1 is 1.21 bits per heavy atom. The van der Waals surface area contributed by atoms with Crippen LogP contribution in [0.25, 0.3) is 0 Å². The quantitative estimate of drug-likeness (QED) is 0.760. The van der Waals surface area contributed by atoms with E-state index in [2.05, 4.69) is 15.3 Å². The number of halogens is 2. The molecule has 0 radical (unpaired) electrons. The third-order valence-corrected chi connectivity index (χ3v) is 5.23. The van der Waals surface area contributed by atoms with E-state index in [1.165, 1.54) is 6.21 Å². The third-order valence-electron chi connectivity index (χ3n) is 5.23. The van der Waals surface area contributed by atoms with E-state index < -0.39 is 5.92 Å². The van der Waals surface area contributed by atoms with Gasteiger partial charge in [-0.3, -0.25) is 0 Å². The van der Waals surface area contributed by atoms with Gasteiger partial charge in [-0.15, -0.1) is 0 Å². The molecule has 2 aliphatic rings. The van der Waals surface area contributed by atoms with E-state index in [-0.39, 0.29) is 19.5 Å². The molecule has 8 heteroatoms. The van der Waals surface area contributed by atoms with Gasteiger partial charge in [-0.2, -0.15) is 0 Å². The molecule has 28 heavy (non-hydrogen) atoms. The number of hydrogen-bond donors (Lipinski definition) is 2. The highest BCUT2D eigenvalue weighted by Crippen LogP contribution is 2.35. The zero-order valence-electron chi connectivity index (χ0n) is 15.5. The van der Waals surface area contributed by atoms with Crippen LogP contribution in [-0.4, -0.2) is 48.4 Å². The fraction of sp³-hybridized carbons (Fsp3) is 0.450. The van der Waals surface area contributed by atoms with E-state index in [9.17, 15) is 8.78 Å². The number of hydrogen-bond acceptors (Lipinski definition) is 6. The Hall–Kier alpha value is -2.61. The molecule has 2 N–H and O–H groups in total. The molecule has 2 aliphatic heterocycles. The maximum absolute atomic E-state index is 13.7. The normalized spacial score (nSPS) is 19.6. The maximum atomic E-state index is 13.7. The van der Waals surface area contributed by atoms with Crippen molar-refractivity contribution in [1.29, 1.82) is 5.41 Å². The summed E-state index contributed by atoms with van der Waals surface area (Å²) in [4.78, 5) is 10.5. The fourth-order valence-corrected chi connectivity index (χ4v) is 3.70. The number of nitrogens with one attached hydrogen (secondary N) is 2. The second kappa shape index (κ2) is 7.79. The van der Waals surface area contributed by atoms with E-state index in [0.717, 1.165) is 24.0 Å². The van der Waals surface area contributed by atoms with Crippen molar-refractivity contribution < 1.29 is 13.5 Å². The Morgan fingerprint density at radius 3 is 2.75 bits per heavy atom. The smallest absolute Gasteiger partial charge is 0.266 e. The molecule has 4 rings (SSSR count). The molecule has 0 aromatic carbocycles. The van der Waals surface area contributed by atoms with Gasteiger partial charge in [0.1, 0.15) is 17.5 Å². The lowest BCUT2D eigenvalue weighted by Gasteiger charge is -2.25. The van der Waals surface area contributed by atoms with Crippen LogP contribution >= 0.6 is 0 Å². The van der Waals surface area contributed by atoms with Crippen molar-refractivity contribution in [3.8, 4) is 0 Å². The van der Waals surface area contributed by atoms with Gasteiger partial charge < -0.3 is 20.4 Å².